The maximum atomic E-state index is 5.47. The van der Waals surface area contributed by atoms with Crippen molar-refractivity contribution in [2.45, 2.75) is 6.54 Å². The normalized spacial score (nSPS) is 10.2. The number of hydrogen-bond acceptors (Lipinski definition) is 2. The highest BCUT2D eigenvalue weighted by atomic mass is 15.4. The van der Waals surface area contributed by atoms with Gasteiger partial charge in [-0.3, -0.25) is 5.84 Å². The average molecular weight is 175 g/mol. The second-order valence-corrected chi connectivity index (χ2v) is 2.88. The minimum absolute atomic E-state index is 0.755. The lowest BCUT2D eigenvalue weighted by atomic mass is 10.2. The molecule has 0 saturated carbocycles. The molecule has 4 heteroatoms. The minimum atomic E-state index is 0.755. The molecular formula is C9H11N4+. The van der Waals surface area contributed by atoms with E-state index in [1.807, 2.05) is 18.2 Å². The summed E-state index contributed by atoms with van der Waals surface area (Å²) in [6, 6.07) is 10.1. The van der Waals surface area contributed by atoms with Crippen molar-refractivity contribution in [3.05, 3.63) is 48.5 Å². The monoisotopic (exact) mass is 175 g/mol. The lowest BCUT2D eigenvalue weighted by molar-refractivity contribution is -0.639. The van der Waals surface area contributed by atoms with E-state index in [0.717, 1.165) is 6.54 Å². The minimum Gasteiger partial charge on any atom is -0.289 e. The molecule has 1 aromatic carbocycles. The van der Waals surface area contributed by atoms with E-state index in [0.29, 0.717) is 0 Å². The summed E-state index contributed by atoms with van der Waals surface area (Å²) in [5.74, 6) is 5.47. The Morgan fingerprint density at radius 3 is 2.69 bits per heavy atom. The smallest absolute Gasteiger partial charge is 0.286 e. The van der Waals surface area contributed by atoms with Gasteiger partial charge in [-0.25, -0.2) is 0 Å². The van der Waals surface area contributed by atoms with Crippen LogP contribution in [-0.4, -0.2) is 9.78 Å². The molecule has 4 nitrogen and oxygen atoms in total. The summed E-state index contributed by atoms with van der Waals surface area (Å²) in [5, 5.41) is 4.07. The van der Waals surface area contributed by atoms with Gasteiger partial charge in [0, 0.05) is 5.10 Å². The quantitative estimate of drug-likeness (QED) is 0.513. The molecule has 1 aromatic heterocycles. The third-order valence-corrected chi connectivity index (χ3v) is 1.79. The van der Waals surface area contributed by atoms with Crippen molar-refractivity contribution in [3.63, 3.8) is 0 Å². The second-order valence-electron chi connectivity index (χ2n) is 2.88. The number of nitrogen functional groups attached to an aromatic ring is 1. The van der Waals surface area contributed by atoms with E-state index in [4.69, 9.17) is 5.84 Å². The van der Waals surface area contributed by atoms with E-state index < -0.39 is 0 Å². The highest BCUT2D eigenvalue weighted by Crippen LogP contribution is 1.99. The molecule has 0 bridgehead atoms. The zero-order valence-electron chi connectivity index (χ0n) is 7.17. The van der Waals surface area contributed by atoms with Crippen LogP contribution in [0.4, 0.5) is 0 Å². The molecular weight excluding hydrogens is 164 g/mol. The molecule has 0 radical (unpaired) electrons. The summed E-state index contributed by atoms with van der Waals surface area (Å²) in [6.45, 7) is 0.755. The zero-order chi connectivity index (χ0) is 9.10. The fourth-order valence-electron chi connectivity index (χ4n) is 1.19. The number of rotatable bonds is 2. The van der Waals surface area contributed by atoms with Crippen molar-refractivity contribution in [1.29, 1.82) is 0 Å². The van der Waals surface area contributed by atoms with Crippen molar-refractivity contribution >= 4 is 0 Å². The van der Waals surface area contributed by atoms with Crippen LogP contribution in [0, 0.1) is 0 Å². The van der Waals surface area contributed by atoms with Crippen LogP contribution in [0.1, 0.15) is 5.56 Å². The standard InChI is InChI=1S/C9H11N4/c10-12-7-11-13(8-12)6-9-4-2-1-3-5-9/h1-5,7-8H,6,10H2/q+1. The Morgan fingerprint density at radius 2 is 2.08 bits per heavy atom. The Hall–Kier alpha value is -1.84. The number of hydrogen-bond donors (Lipinski definition) is 1. The Bertz CT molecular complexity index is 380. The molecule has 0 aliphatic carbocycles. The Morgan fingerprint density at radius 1 is 1.31 bits per heavy atom. The largest absolute Gasteiger partial charge is 0.289 e. The van der Waals surface area contributed by atoms with Gasteiger partial charge in [0.2, 0.25) is 6.33 Å². The van der Waals surface area contributed by atoms with Gasteiger partial charge in [-0.1, -0.05) is 30.3 Å². The van der Waals surface area contributed by atoms with Crippen LogP contribution >= 0.6 is 0 Å². The fraction of sp³-hybridized carbons (Fsp3) is 0.111. The zero-order valence-corrected chi connectivity index (χ0v) is 7.17. The first-order valence-corrected chi connectivity index (χ1v) is 4.07. The molecule has 0 saturated heterocycles. The van der Waals surface area contributed by atoms with Gasteiger partial charge in [-0.15, -0.1) is 9.36 Å². The van der Waals surface area contributed by atoms with E-state index >= 15 is 0 Å². The van der Waals surface area contributed by atoms with Gasteiger partial charge in [0.05, 0.1) is 0 Å². The van der Waals surface area contributed by atoms with Gasteiger partial charge in [-0.05, 0) is 5.56 Å². The third-order valence-electron chi connectivity index (χ3n) is 1.79. The van der Waals surface area contributed by atoms with E-state index in [1.165, 1.54) is 10.2 Å². The van der Waals surface area contributed by atoms with Gasteiger partial charge in [-0.2, -0.15) is 0 Å². The number of nitrogens with two attached hydrogens (primary N) is 1. The SMILES string of the molecule is N[n+]1cnn(Cc2ccccc2)c1. The van der Waals surface area contributed by atoms with E-state index in [1.54, 1.807) is 17.3 Å². The highest BCUT2D eigenvalue weighted by molar-refractivity contribution is 5.14. The summed E-state index contributed by atoms with van der Waals surface area (Å²) in [7, 11) is 0. The molecule has 0 fully saturated rings. The fourth-order valence-corrected chi connectivity index (χ4v) is 1.19. The third kappa shape index (κ3) is 1.84. The molecule has 2 N–H and O–H groups in total. The van der Waals surface area contributed by atoms with E-state index in [-0.39, 0.29) is 0 Å². The first-order chi connectivity index (χ1) is 6.34. The Labute approximate surface area is 76.2 Å². The number of benzene rings is 1. The first kappa shape index (κ1) is 7.79. The van der Waals surface area contributed by atoms with Crippen molar-refractivity contribution in [2.24, 2.45) is 0 Å². The van der Waals surface area contributed by atoms with Crippen LogP contribution in [0.2, 0.25) is 0 Å². The molecule has 13 heavy (non-hydrogen) atoms. The van der Waals surface area contributed by atoms with Gasteiger partial charge < -0.3 is 0 Å². The first-order valence-electron chi connectivity index (χ1n) is 4.07. The summed E-state index contributed by atoms with van der Waals surface area (Å²) in [5.41, 5.74) is 1.21. The maximum absolute atomic E-state index is 5.47. The molecule has 0 amide bonds. The van der Waals surface area contributed by atoms with Crippen molar-refractivity contribution in [3.8, 4) is 0 Å². The van der Waals surface area contributed by atoms with Crippen LogP contribution < -0.4 is 10.5 Å². The average Bonchev–Trinajstić information content (AvgIpc) is 2.53. The van der Waals surface area contributed by atoms with Crippen molar-refractivity contribution in [2.75, 3.05) is 5.84 Å². The maximum Gasteiger partial charge on any atom is 0.286 e. The van der Waals surface area contributed by atoms with Crippen LogP contribution in [-0.2, 0) is 6.54 Å². The molecule has 0 spiro atoms. The van der Waals surface area contributed by atoms with Crippen LogP contribution in [0.3, 0.4) is 0 Å². The number of aromatic nitrogens is 3. The summed E-state index contributed by atoms with van der Waals surface area (Å²) < 4.78 is 3.22. The van der Waals surface area contributed by atoms with Crippen LogP contribution in [0.15, 0.2) is 43.0 Å². The van der Waals surface area contributed by atoms with Crippen LogP contribution in [0.25, 0.3) is 0 Å². The number of nitrogens with zero attached hydrogens (tertiary/aromatic N) is 3. The molecule has 1 heterocycles. The molecule has 0 aliphatic rings. The Kier molecular flexibility index (Phi) is 1.96. The van der Waals surface area contributed by atoms with Gasteiger partial charge >= 0.3 is 0 Å². The second kappa shape index (κ2) is 3.26. The van der Waals surface area contributed by atoms with E-state index in [2.05, 4.69) is 17.2 Å². The van der Waals surface area contributed by atoms with Gasteiger partial charge in [0.25, 0.3) is 6.33 Å². The van der Waals surface area contributed by atoms with E-state index in [9.17, 15) is 0 Å². The molecule has 2 aromatic rings. The lowest BCUT2D eigenvalue weighted by Gasteiger charge is -1.93. The van der Waals surface area contributed by atoms with Crippen molar-refractivity contribution < 1.29 is 4.68 Å². The molecule has 0 atom stereocenters. The molecule has 2 rings (SSSR count). The summed E-state index contributed by atoms with van der Waals surface area (Å²) in [4.78, 5) is 0. The van der Waals surface area contributed by atoms with Crippen molar-refractivity contribution in [1.82, 2.24) is 9.78 Å². The Balaban J connectivity index is 2.15. The van der Waals surface area contributed by atoms with Gasteiger partial charge in [0.15, 0.2) is 0 Å². The van der Waals surface area contributed by atoms with Crippen LogP contribution in [0.5, 0.6) is 0 Å². The lowest BCUT2D eigenvalue weighted by Crippen LogP contribution is -2.42. The van der Waals surface area contributed by atoms with Gasteiger partial charge in [0.1, 0.15) is 6.54 Å². The highest BCUT2D eigenvalue weighted by Gasteiger charge is 2.02. The topological polar surface area (TPSA) is 47.7 Å². The molecule has 0 aliphatic heterocycles. The predicted octanol–water partition coefficient (Wildman–Crippen LogP) is -0.0673. The molecule has 0 unspecified atom stereocenters. The summed E-state index contributed by atoms with van der Waals surface area (Å²) >= 11 is 0. The summed E-state index contributed by atoms with van der Waals surface area (Å²) in [6.07, 6.45) is 3.32. The molecule has 66 valence electrons. The predicted molar refractivity (Wildman–Crippen MR) is 48.1 cm³/mol.